The van der Waals surface area contributed by atoms with E-state index in [1.807, 2.05) is 6.07 Å². The first-order valence-corrected chi connectivity index (χ1v) is 6.38. The number of amides is 1. The average molecular weight is 265 g/mol. The van der Waals surface area contributed by atoms with Crippen LogP contribution in [0.15, 0.2) is 12.1 Å². The third kappa shape index (κ3) is 3.67. The Kier molecular flexibility index (Phi) is 4.33. The first-order chi connectivity index (χ1) is 9.16. The minimum absolute atomic E-state index is 0.265. The lowest BCUT2D eigenvalue weighted by Gasteiger charge is -2.20. The molecule has 0 fully saturated rings. The smallest absolute Gasteiger partial charge is 0.217 e. The third-order valence-electron chi connectivity index (χ3n) is 2.88. The van der Waals surface area contributed by atoms with Crippen molar-refractivity contribution < 1.29 is 14.3 Å². The molecular formula is C13H19N3O3. The minimum Gasteiger partial charge on any atom is -0.486 e. The Morgan fingerprint density at radius 3 is 2.58 bits per heavy atom. The second-order valence-electron chi connectivity index (χ2n) is 4.43. The Morgan fingerprint density at radius 1 is 1.21 bits per heavy atom. The van der Waals surface area contributed by atoms with E-state index in [2.05, 4.69) is 5.32 Å². The van der Waals surface area contributed by atoms with Gasteiger partial charge in [-0.1, -0.05) is 0 Å². The maximum absolute atomic E-state index is 10.6. The zero-order valence-electron chi connectivity index (χ0n) is 10.8. The van der Waals surface area contributed by atoms with Crippen LogP contribution in [-0.4, -0.2) is 25.7 Å². The van der Waals surface area contributed by atoms with Crippen LogP contribution in [-0.2, 0) is 4.79 Å². The highest BCUT2D eigenvalue weighted by Crippen LogP contribution is 2.36. The number of nitrogen functional groups attached to an aromatic ring is 1. The van der Waals surface area contributed by atoms with Gasteiger partial charge in [-0.25, -0.2) is 0 Å². The predicted octanol–water partition coefficient (Wildman–Crippen LogP) is 1.11. The van der Waals surface area contributed by atoms with E-state index in [1.165, 1.54) is 0 Å². The average Bonchev–Trinajstić information content (AvgIpc) is 2.38. The fourth-order valence-corrected chi connectivity index (χ4v) is 1.90. The van der Waals surface area contributed by atoms with Crippen LogP contribution in [0.1, 0.15) is 19.3 Å². The number of anilines is 2. The molecule has 0 aromatic heterocycles. The molecule has 0 saturated heterocycles. The third-order valence-corrected chi connectivity index (χ3v) is 2.88. The fourth-order valence-electron chi connectivity index (χ4n) is 1.90. The number of benzene rings is 1. The molecule has 2 rings (SSSR count). The van der Waals surface area contributed by atoms with Crippen molar-refractivity contribution in [3.63, 3.8) is 0 Å². The molecule has 0 radical (unpaired) electrons. The quantitative estimate of drug-likeness (QED) is 0.528. The maximum atomic E-state index is 10.6. The van der Waals surface area contributed by atoms with E-state index in [1.54, 1.807) is 6.07 Å². The van der Waals surface area contributed by atoms with Gasteiger partial charge in [-0.15, -0.1) is 0 Å². The van der Waals surface area contributed by atoms with Crippen LogP contribution in [0.4, 0.5) is 11.4 Å². The summed E-state index contributed by atoms with van der Waals surface area (Å²) in [6, 6.07) is 3.61. The van der Waals surface area contributed by atoms with Crippen molar-refractivity contribution in [3.05, 3.63) is 12.1 Å². The molecule has 5 N–H and O–H groups in total. The number of unbranched alkanes of at least 4 members (excludes halogenated alkanes) is 1. The Morgan fingerprint density at radius 2 is 1.89 bits per heavy atom. The fraction of sp³-hybridized carbons (Fsp3) is 0.462. The van der Waals surface area contributed by atoms with Crippen molar-refractivity contribution in [3.8, 4) is 11.5 Å². The zero-order valence-corrected chi connectivity index (χ0v) is 10.8. The maximum Gasteiger partial charge on any atom is 0.217 e. The monoisotopic (exact) mass is 265 g/mol. The lowest BCUT2D eigenvalue weighted by molar-refractivity contribution is -0.118. The van der Waals surface area contributed by atoms with Crippen LogP contribution < -0.4 is 26.3 Å². The van der Waals surface area contributed by atoms with Gasteiger partial charge in [0.05, 0.1) is 11.4 Å². The number of carbonyl (C=O) groups excluding carboxylic acids is 1. The van der Waals surface area contributed by atoms with Gasteiger partial charge < -0.3 is 26.3 Å². The molecule has 1 aliphatic heterocycles. The summed E-state index contributed by atoms with van der Waals surface area (Å²) < 4.78 is 10.9. The van der Waals surface area contributed by atoms with E-state index in [0.29, 0.717) is 36.8 Å². The van der Waals surface area contributed by atoms with Crippen molar-refractivity contribution >= 4 is 17.3 Å². The number of fused-ring (bicyclic) bond motifs is 1. The molecular weight excluding hydrogens is 246 g/mol. The second-order valence-corrected chi connectivity index (χ2v) is 4.43. The highest BCUT2D eigenvalue weighted by atomic mass is 16.6. The number of hydrogen-bond donors (Lipinski definition) is 3. The molecule has 0 spiro atoms. The van der Waals surface area contributed by atoms with Gasteiger partial charge in [0.2, 0.25) is 5.91 Å². The summed E-state index contributed by atoms with van der Waals surface area (Å²) in [5, 5.41) is 3.22. The molecule has 6 nitrogen and oxygen atoms in total. The first-order valence-electron chi connectivity index (χ1n) is 6.38. The molecule has 1 amide bonds. The van der Waals surface area contributed by atoms with Gasteiger partial charge in [0.15, 0.2) is 11.5 Å². The van der Waals surface area contributed by atoms with Gasteiger partial charge in [-0.05, 0) is 12.8 Å². The summed E-state index contributed by atoms with van der Waals surface area (Å²) >= 11 is 0. The highest BCUT2D eigenvalue weighted by Gasteiger charge is 2.14. The van der Waals surface area contributed by atoms with Crippen molar-refractivity contribution in [2.75, 3.05) is 30.8 Å². The predicted molar refractivity (Wildman–Crippen MR) is 73.4 cm³/mol. The molecule has 0 unspecified atom stereocenters. The molecule has 0 bridgehead atoms. The molecule has 1 aliphatic rings. The van der Waals surface area contributed by atoms with Crippen LogP contribution in [0.3, 0.4) is 0 Å². The molecule has 104 valence electrons. The van der Waals surface area contributed by atoms with E-state index in [9.17, 15) is 4.79 Å². The Bertz CT molecular complexity index is 463. The van der Waals surface area contributed by atoms with Gasteiger partial charge >= 0.3 is 0 Å². The summed E-state index contributed by atoms with van der Waals surface area (Å²) in [7, 11) is 0. The number of carbonyl (C=O) groups is 1. The second kappa shape index (κ2) is 6.17. The van der Waals surface area contributed by atoms with Crippen LogP contribution in [0, 0.1) is 0 Å². The summed E-state index contributed by atoms with van der Waals surface area (Å²) in [4.78, 5) is 10.6. The summed E-state index contributed by atoms with van der Waals surface area (Å²) in [5.74, 6) is 1.13. The Labute approximate surface area is 112 Å². The number of rotatable bonds is 6. The Hall–Kier alpha value is -2.11. The van der Waals surface area contributed by atoms with Crippen molar-refractivity contribution in [1.82, 2.24) is 0 Å². The number of nitrogens with two attached hydrogens (primary N) is 2. The lowest BCUT2D eigenvalue weighted by atomic mass is 10.2. The Balaban J connectivity index is 1.88. The number of primary amides is 1. The molecule has 1 heterocycles. The number of nitrogens with one attached hydrogen (secondary N) is 1. The minimum atomic E-state index is -0.265. The number of hydrogen-bond acceptors (Lipinski definition) is 5. The van der Waals surface area contributed by atoms with E-state index in [4.69, 9.17) is 20.9 Å². The van der Waals surface area contributed by atoms with E-state index >= 15 is 0 Å². The molecule has 0 saturated carbocycles. The topological polar surface area (TPSA) is 99.6 Å². The van der Waals surface area contributed by atoms with Gasteiger partial charge in [-0.3, -0.25) is 4.79 Å². The van der Waals surface area contributed by atoms with Crippen LogP contribution in [0.25, 0.3) is 0 Å². The van der Waals surface area contributed by atoms with Crippen LogP contribution in [0.2, 0.25) is 0 Å². The van der Waals surface area contributed by atoms with Gasteiger partial charge in [0, 0.05) is 25.1 Å². The molecule has 1 aromatic rings. The van der Waals surface area contributed by atoms with Crippen molar-refractivity contribution in [1.29, 1.82) is 0 Å². The van der Waals surface area contributed by atoms with Crippen molar-refractivity contribution in [2.24, 2.45) is 5.73 Å². The first kappa shape index (κ1) is 13.3. The lowest BCUT2D eigenvalue weighted by Crippen LogP contribution is -2.16. The zero-order chi connectivity index (χ0) is 13.7. The normalized spacial score (nSPS) is 13.1. The molecule has 1 aromatic carbocycles. The standard InChI is InChI=1S/C13H19N3O3/c14-9-7-11-12(19-6-5-18-11)8-10(9)16-4-2-1-3-13(15)17/h7-8,16H,1-6,14H2,(H2,15,17). The van der Waals surface area contributed by atoms with Crippen molar-refractivity contribution in [2.45, 2.75) is 19.3 Å². The van der Waals surface area contributed by atoms with E-state index < -0.39 is 0 Å². The van der Waals surface area contributed by atoms with Crippen LogP contribution >= 0.6 is 0 Å². The molecule has 19 heavy (non-hydrogen) atoms. The van der Waals surface area contributed by atoms with Gasteiger partial charge in [0.25, 0.3) is 0 Å². The van der Waals surface area contributed by atoms with E-state index in [-0.39, 0.29) is 5.91 Å². The van der Waals surface area contributed by atoms with E-state index in [0.717, 1.165) is 25.1 Å². The highest BCUT2D eigenvalue weighted by molar-refractivity contribution is 5.73. The molecule has 0 atom stereocenters. The molecule has 0 aliphatic carbocycles. The van der Waals surface area contributed by atoms with Crippen LogP contribution in [0.5, 0.6) is 11.5 Å². The summed E-state index contributed by atoms with van der Waals surface area (Å²) in [6.07, 6.45) is 2.04. The number of ether oxygens (including phenoxy) is 2. The van der Waals surface area contributed by atoms with Gasteiger partial charge in [-0.2, -0.15) is 0 Å². The molecule has 6 heteroatoms. The largest absolute Gasteiger partial charge is 0.486 e. The SMILES string of the molecule is NC(=O)CCCCNc1cc2c(cc1N)OCCO2. The van der Waals surface area contributed by atoms with Gasteiger partial charge in [0.1, 0.15) is 13.2 Å². The summed E-state index contributed by atoms with van der Waals surface area (Å²) in [5.41, 5.74) is 12.5. The summed E-state index contributed by atoms with van der Waals surface area (Å²) in [6.45, 7) is 1.83.